The number of carbonyl (C=O) groups is 1. The SMILES string of the molecule is CCCCC(=NNC(=O)C1CCCCC1)c1ccccc1. The summed E-state index contributed by atoms with van der Waals surface area (Å²) in [7, 11) is 0. The second kappa shape index (κ2) is 8.60. The van der Waals surface area contributed by atoms with Crippen LogP contribution in [-0.4, -0.2) is 11.6 Å². The second-order valence-corrected chi connectivity index (χ2v) is 5.84. The molecule has 0 saturated heterocycles. The van der Waals surface area contributed by atoms with Crippen LogP contribution in [0.25, 0.3) is 0 Å². The number of benzene rings is 1. The van der Waals surface area contributed by atoms with E-state index in [1.807, 2.05) is 18.2 Å². The third kappa shape index (κ3) is 5.00. The lowest BCUT2D eigenvalue weighted by atomic mass is 9.89. The van der Waals surface area contributed by atoms with Gasteiger partial charge in [0.25, 0.3) is 0 Å². The highest BCUT2D eigenvalue weighted by molar-refractivity contribution is 6.01. The Morgan fingerprint density at radius 3 is 2.57 bits per heavy atom. The van der Waals surface area contributed by atoms with Crippen LogP contribution in [0, 0.1) is 5.92 Å². The summed E-state index contributed by atoms with van der Waals surface area (Å²) in [6.07, 6.45) is 8.75. The van der Waals surface area contributed by atoms with E-state index in [0.717, 1.165) is 43.4 Å². The van der Waals surface area contributed by atoms with Crippen LogP contribution in [-0.2, 0) is 4.79 Å². The zero-order chi connectivity index (χ0) is 14.9. The average molecular weight is 286 g/mol. The van der Waals surface area contributed by atoms with Crippen molar-refractivity contribution in [2.24, 2.45) is 11.0 Å². The molecule has 1 saturated carbocycles. The molecule has 1 aromatic carbocycles. The standard InChI is InChI=1S/C18H26N2O/c1-2-3-14-17(15-10-6-4-7-11-15)19-20-18(21)16-12-8-5-9-13-16/h4,6-7,10-11,16H,2-3,5,8-9,12-14H2,1H3,(H,20,21). The molecule has 3 nitrogen and oxygen atoms in total. The maximum atomic E-state index is 12.2. The quantitative estimate of drug-likeness (QED) is 0.615. The van der Waals surface area contributed by atoms with Crippen molar-refractivity contribution in [1.82, 2.24) is 5.43 Å². The summed E-state index contributed by atoms with van der Waals surface area (Å²) in [6.45, 7) is 2.17. The second-order valence-electron chi connectivity index (χ2n) is 5.84. The molecule has 0 heterocycles. The van der Waals surface area contributed by atoms with Gasteiger partial charge in [-0.3, -0.25) is 4.79 Å². The minimum absolute atomic E-state index is 0.0969. The van der Waals surface area contributed by atoms with E-state index in [2.05, 4.69) is 29.6 Å². The molecule has 1 amide bonds. The maximum absolute atomic E-state index is 12.2. The Morgan fingerprint density at radius 2 is 1.90 bits per heavy atom. The molecule has 3 heteroatoms. The van der Waals surface area contributed by atoms with Crippen molar-refractivity contribution in [3.63, 3.8) is 0 Å². The normalized spacial score (nSPS) is 16.7. The predicted octanol–water partition coefficient (Wildman–Crippen LogP) is 4.28. The Morgan fingerprint density at radius 1 is 1.19 bits per heavy atom. The Bertz CT molecular complexity index is 461. The first-order valence-electron chi connectivity index (χ1n) is 8.23. The number of hydrogen-bond acceptors (Lipinski definition) is 2. The Kier molecular flexibility index (Phi) is 6.45. The van der Waals surface area contributed by atoms with Crippen LogP contribution in [0.15, 0.2) is 35.4 Å². The van der Waals surface area contributed by atoms with Gasteiger partial charge in [0.1, 0.15) is 0 Å². The third-order valence-electron chi connectivity index (χ3n) is 4.15. The summed E-state index contributed by atoms with van der Waals surface area (Å²) >= 11 is 0. The van der Waals surface area contributed by atoms with Crippen molar-refractivity contribution >= 4 is 11.6 Å². The molecule has 21 heavy (non-hydrogen) atoms. The molecule has 0 bridgehead atoms. The zero-order valence-electron chi connectivity index (χ0n) is 13.0. The van der Waals surface area contributed by atoms with Crippen molar-refractivity contribution < 1.29 is 4.79 Å². The number of hydrogen-bond donors (Lipinski definition) is 1. The molecule has 1 fully saturated rings. The summed E-state index contributed by atoms with van der Waals surface area (Å²) in [6, 6.07) is 10.1. The molecule has 0 aliphatic heterocycles. The fraction of sp³-hybridized carbons (Fsp3) is 0.556. The van der Waals surface area contributed by atoms with Crippen LogP contribution in [0.5, 0.6) is 0 Å². The predicted molar refractivity (Wildman–Crippen MR) is 87.2 cm³/mol. The molecule has 1 aromatic rings. The minimum atomic E-state index is 0.0969. The van der Waals surface area contributed by atoms with E-state index < -0.39 is 0 Å². The summed E-state index contributed by atoms with van der Waals surface area (Å²) in [5.41, 5.74) is 4.90. The first kappa shape index (κ1) is 15.7. The van der Waals surface area contributed by atoms with E-state index in [1.165, 1.54) is 19.3 Å². The van der Waals surface area contributed by atoms with Crippen LogP contribution >= 0.6 is 0 Å². The van der Waals surface area contributed by atoms with E-state index in [1.54, 1.807) is 0 Å². The van der Waals surface area contributed by atoms with Crippen LogP contribution in [0.4, 0.5) is 0 Å². The first-order valence-corrected chi connectivity index (χ1v) is 8.23. The van der Waals surface area contributed by atoms with Gasteiger partial charge in [0.05, 0.1) is 5.71 Å². The maximum Gasteiger partial charge on any atom is 0.243 e. The average Bonchev–Trinajstić information content (AvgIpc) is 2.56. The first-order chi connectivity index (χ1) is 10.3. The monoisotopic (exact) mass is 286 g/mol. The lowest BCUT2D eigenvalue weighted by molar-refractivity contribution is -0.125. The number of hydrazone groups is 1. The van der Waals surface area contributed by atoms with Crippen LogP contribution in [0.3, 0.4) is 0 Å². The molecule has 0 spiro atoms. The van der Waals surface area contributed by atoms with Gasteiger partial charge in [0, 0.05) is 5.92 Å². The molecule has 1 aliphatic rings. The molecule has 2 rings (SSSR count). The Labute approximate surface area is 127 Å². The van der Waals surface area contributed by atoms with E-state index in [9.17, 15) is 4.79 Å². The van der Waals surface area contributed by atoms with Crippen molar-refractivity contribution in [2.45, 2.75) is 58.3 Å². The van der Waals surface area contributed by atoms with Crippen molar-refractivity contribution in [1.29, 1.82) is 0 Å². The van der Waals surface area contributed by atoms with E-state index in [0.29, 0.717) is 0 Å². The van der Waals surface area contributed by atoms with Gasteiger partial charge in [-0.05, 0) is 31.2 Å². The van der Waals surface area contributed by atoms with Gasteiger partial charge in [0.15, 0.2) is 0 Å². The van der Waals surface area contributed by atoms with Crippen molar-refractivity contribution in [3.8, 4) is 0 Å². The molecule has 0 radical (unpaired) electrons. The Hall–Kier alpha value is -1.64. The highest BCUT2D eigenvalue weighted by Crippen LogP contribution is 2.23. The highest BCUT2D eigenvalue weighted by Gasteiger charge is 2.20. The molecule has 1 aliphatic carbocycles. The number of unbranched alkanes of at least 4 members (excludes halogenated alkanes) is 1. The number of carbonyl (C=O) groups excluding carboxylic acids is 1. The van der Waals surface area contributed by atoms with E-state index >= 15 is 0 Å². The van der Waals surface area contributed by atoms with Gasteiger partial charge in [0.2, 0.25) is 5.91 Å². The van der Waals surface area contributed by atoms with Gasteiger partial charge in [-0.15, -0.1) is 0 Å². The van der Waals surface area contributed by atoms with Gasteiger partial charge >= 0.3 is 0 Å². The lowest BCUT2D eigenvalue weighted by Gasteiger charge is -2.19. The van der Waals surface area contributed by atoms with Crippen molar-refractivity contribution in [2.75, 3.05) is 0 Å². The highest BCUT2D eigenvalue weighted by atomic mass is 16.2. The fourth-order valence-corrected chi connectivity index (χ4v) is 2.82. The summed E-state index contributed by atoms with van der Waals surface area (Å²) in [5, 5.41) is 4.42. The van der Waals surface area contributed by atoms with Crippen LogP contribution < -0.4 is 5.43 Å². The molecular formula is C18H26N2O. The van der Waals surface area contributed by atoms with E-state index in [-0.39, 0.29) is 11.8 Å². The van der Waals surface area contributed by atoms with Gasteiger partial charge in [-0.25, -0.2) is 5.43 Å². The smallest absolute Gasteiger partial charge is 0.243 e. The molecule has 0 unspecified atom stereocenters. The molecule has 0 atom stereocenters. The van der Waals surface area contributed by atoms with Crippen molar-refractivity contribution in [3.05, 3.63) is 35.9 Å². The largest absolute Gasteiger partial charge is 0.273 e. The fourth-order valence-electron chi connectivity index (χ4n) is 2.82. The molecular weight excluding hydrogens is 260 g/mol. The van der Waals surface area contributed by atoms with Gasteiger partial charge < -0.3 is 0 Å². The summed E-state index contributed by atoms with van der Waals surface area (Å²) < 4.78 is 0. The zero-order valence-corrected chi connectivity index (χ0v) is 13.0. The van der Waals surface area contributed by atoms with E-state index in [4.69, 9.17) is 0 Å². The third-order valence-corrected chi connectivity index (χ3v) is 4.15. The Balaban J connectivity index is 2.00. The van der Waals surface area contributed by atoms with Gasteiger partial charge in [-0.2, -0.15) is 5.10 Å². The number of nitrogens with zero attached hydrogens (tertiary/aromatic N) is 1. The van der Waals surface area contributed by atoms with Crippen LogP contribution in [0.2, 0.25) is 0 Å². The summed E-state index contributed by atoms with van der Waals surface area (Å²) in [4.78, 5) is 12.2. The number of rotatable bonds is 6. The number of amides is 1. The molecule has 114 valence electrons. The molecule has 1 N–H and O–H groups in total. The van der Waals surface area contributed by atoms with Crippen LogP contribution in [0.1, 0.15) is 63.9 Å². The number of nitrogens with one attached hydrogen (secondary N) is 1. The topological polar surface area (TPSA) is 41.5 Å². The summed E-state index contributed by atoms with van der Waals surface area (Å²) in [5.74, 6) is 0.255. The molecule has 0 aromatic heterocycles. The lowest BCUT2D eigenvalue weighted by Crippen LogP contribution is -2.29. The minimum Gasteiger partial charge on any atom is -0.273 e. The van der Waals surface area contributed by atoms with Gasteiger partial charge in [-0.1, -0.05) is 62.9 Å².